The van der Waals surface area contributed by atoms with Crippen molar-refractivity contribution < 1.29 is 47.2 Å². The average molecular weight is 641 g/mol. The molecule has 1 N–H and O–H groups in total. The molecule has 0 amide bonds. The number of hydrogen-bond donors (Lipinski definition) is 1. The third kappa shape index (κ3) is 8.86. The van der Waals surface area contributed by atoms with E-state index in [1.165, 1.54) is 60.7 Å². The molecule has 0 aliphatic heterocycles. The number of aliphatic hydroxyl groups excluding tert-OH is 1. The molecule has 0 aromatic heterocycles. The summed E-state index contributed by atoms with van der Waals surface area (Å²) >= 11 is 0. The first-order valence-corrected chi connectivity index (χ1v) is 14.2. The zero-order chi connectivity index (χ0) is 34.1. The highest BCUT2D eigenvalue weighted by Crippen LogP contribution is 2.33. The molecule has 0 radical (unpaired) electrons. The molecule has 47 heavy (non-hydrogen) atoms. The zero-order valence-corrected chi connectivity index (χ0v) is 25.3. The summed E-state index contributed by atoms with van der Waals surface area (Å²) in [5.41, 5.74) is 1.85. The van der Waals surface area contributed by atoms with Gasteiger partial charge in [0, 0.05) is 29.7 Å². The molecule has 1 unspecified atom stereocenters. The lowest BCUT2D eigenvalue weighted by atomic mass is 9.98. The standard InChI is InChI=1S/C37H30F2O8/c1-5-32(40)46-30-19-7-23(21-31(30)47-33(41)6-2)8-20-34(42)44-26-13-9-24(10-14-26)28-17-18-29(36(39)35(28)38)25-11-15-27(16-12-25)45-37(43)22(3)4/h5-7,9-19,21,37,43H,1-3,8,20H2,4H3. The van der Waals surface area contributed by atoms with Crippen LogP contribution < -0.4 is 18.9 Å². The first-order chi connectivity index (χ1) is 22.5. The van der Waals surface area contributed by atoms with Crippen molar-refractivity contribution >= 4 is 17.9 Å². The lowest BCUT2D eigenvalue weighted by molar-refractivity contribution is -0.134. The predicted octanol–water partition coefficient (Wildman–Crippen LogP) is 7.29. The number of ether oxygens (including phenoxy) is 4. The number of aryl methyl sites for hydroxylation is 1. The van der Waals surface area contributed by atoms with Gasteiger partial charge in [-0.1, -0.05) is 62.2 Å². The number of benzene rings is 4. The minimum absolute atomic E-state index is 0.0114. The van der Waals surface area contributed by atoms with Crippen LogP contribution in [0.15, 0.2) is 116 Å². The van der Waals surface area contributed by atoms with Crippen molar-refractivity contribution in [2.45, 2.75) is 26.1 Å². The smallest absolute Gasteiger partial charge is 0.335 e. The second-order valence-electron chi connectivity index (χ2n) is 10.2. The van der Waals surface area contributed by atoms with E-state index in [1.807, 2.05) is 0 Å². The number of halogens is 2. The molecule has 0 fully saturated rings. The van der Waals surface area contributed by atoms with Crippen LogP contribution in [0.3, 0.4) is 0 Å². The Bertz CT molecular complexity index is 1830. The van der Waals surface area contributed by atoms with Crippen molar-refractivity contribution in [2.24, 2.45) is 0 Å². The minimum Gasteiger partial charge on any atom is -0.461 e. The molecule has 4 aromatic rings. The van der Waals surface area contributed by atoms with Gasteiger partial charge in [0.15, 0.2) is 23.1 Å². The van der Waals surface area contributed by atoms with Crippen LogP contribution in [0.1, 0.15) is 18.9 Å². The van der Waals surface area contributed by atoms with Crippen molar-refractivity contribution in [1.29, 1.82) is 0 Å². The molecule has 0 spiro atoms. The van der Waals surface area contributed by atoms with Crippen molar-refractivity contribution in [3.63, 3.8) is 0 Å². The number of esters is 3. The van der Waals surface area contributed by atoms with E-state index >= 15 is 8.78 Å². The van der Waals surface area contributed by atoms with Crippen LogP contribution in [0, 0.1) is 11.6 Å². The fourth-order valence-corrected chi connectivity index (χ4v) is 4.24. The molecular formula is C37H30F2O8. The maximum absolute atomic E-state index is 15.2. The van der Waals surface area contributed by atoms with Crippen LogP contribution in [0.2, 0.25) is 0 Å². The van der Waals surface area contributed by atoms with E-state index in [0.29, 0.717) is 28.0 Å². The molecule has 4 rings (SSSR count). The highest BCUT2D eigenvalue weighted by molar-refractivity contribution is 5.86. The molecule has 0 heterocycles. The lowest BCUT2D eigenvalue weighted by Crippen LogP contribution is -2.15. The maximum Gasteiger partial charge on any atom is 0.335 e. The van der Waals surface area contributed by atoms with Crippen LogP contribution in [0.25, 0.3) is 22.3 Å². The molecule has 0 aliphatic carbocycles. The first-order valence-electron chi connectivity index (χ1n) is 14.2. The Kier molecular flexibility index (Phi) is 11.2. The summed E-state index contributed by atoms with van der Waals surface area (Å²) in [4.78, 5) is 35.9. The fraction of sp³-hybridized carbons (Fsp3) is 0.108. The van der Waals surface area contributed by atoms with Gasteiger partial charge >= 0.3 is 17.9 Å². The Hall–Kier alpha value is -5.87. The molecule has 0 bridgehead atoms. The van der Waals surface area contributed by atoms with E-state index in [4.69, 9.17) is 18.9 Å². The normalized spacial score (nSPS) is 11.1. The highest BCUT2D eigenvalue weighted by Gasteiger charge is 2.18. The Labute approximate surface area is 269 Å². The quantitative estimate of drug-likeness (QED) is 0.0534. The van der Waals surface area contributed by atoms with Crippen molar-refractivity contribution in [3.8, 4) is 45.3 Å². The van der Waals surface area contributed by atoms with Crippen LogP contribution in [0.4, 0.5) is 8.78 Å². The highest BCUT2D eigenvalue weighted by atomic mass is 19.2. The van der Waals surface area contributed by atoms with E-state index < -0.39 is 35.8 Å². The first kappa shape index (κ1) is 34.0. The average Bonchev–Trinajstić information content (AvgIpc) is 3.06. The molecule has 240 valence electrons. The van der Waals surface area contributed by atoms with Crippen molar-refractivity contribution in [1.82, 2.24) is 0 Å². The summed E-state index contributed by atoms with van der Waals surface area (Å²) in [6.07, 6.45) is 0.874. The largest absolute Gasteiger partial charge is 0.461 e. The second kappa shape index (κ2) is 15.4. The van der Waals surface area contributed by atoms with E-state index in [9.17, 15) is 19.5 Å². The molecule has 4 aromatic carbocycles. The third-order valence-corrected chi connectivity index (χ3v) is 6.69. The molecule has 0 saturated carbocycles. The van der Waals surface area contributed by atoms with E-state index in [0.717, 1.165) is 12.2 Å². The predicted molar refractivity (Wildman–Crippen MR) is 171 cm³/mol. The van der Waals surface area contributed by atoms with Gasteiger partial charge in [-0.15, -0.1) is 0 Å². The number of hydrogen-bond acceptors (Lipinski definition) is 8. The maximum atomic E-state index is 15.2. The van der Waals surface area contributed by atoms with E-state index in [-0.39, 0.29) is 41.2 Å². The molecule has 1 atom stereocenters. The summed E-state index contributed by atoms with van der Waals surface area (Å²) in [6, 6.07) is 19.5. The Morgan fingerprint density at radius 1 is 0.745 bits per heavy atom. The summed E-state index contributed by atoms with van der Waals surface area (Å²) in [5, 5.41) is 9.80. The monoisotopic (exact) mass is 640 g/mol. The lowest BCUT2D eigenvalue weighted by Gasteiger charge is -2.14. The summed E-state index contributed by atoms with van der Waals surface area (Å²) in [7, 11) is 0. The fourth-order valence-electron chi connectivity index (χ4n) is 4.24. The topological polar surface area (TPSA) is 108 Å². The number of aliphatic hydroxyl groups is 1. The Morgan fingerprint density at radius 3 is 1.77 bits per heavy atom. The summed E-state index contributed by atoms with van der Waals surface area (Å²) in [5.74, 6) is -3.69. The number of rotatable bonds is 13. The Balaban J connectivity index is 1.40. The van der Waals surface area contributed by atoms with Gasteiger partial charge in [-0.2, -0.15) is 0 Å². The molecule has 10 heteroatoms. The molecular weight excluding hydrogens is 610 g/mol. The van der Waals surface area contributed by atoms with Crippen LogP contribution in [-0.4, -0.2) is 29.3 Å². The van der Waals surface area contributed by atoms with Crippen LogP contribution in [0.5, 0.6) is 23.0 Å². The van der Waals surface area contributed by atoms with Gasteiger partial charge in [-0.05, 0) is 72.0 Å². The number of carbonyl (C=O) groups excluding carboxylic acids is 3. The second-order valence-corrected chi connectivity index (χ2v) is 10.2. The van der Waals surface area contributed by atoms with Gasteiger partial charge in [0.2, 0.25) is 6.29 Å². The van der Waals surface area contributed by atoms with Crippen LogP contribution in [-0.2, 0) is 20.8 Å². The molecule has 8 nitrogen and oxygen atoms in total. The van der Waals surface area contributed by atoms with Crippen molar-refractivity contribution in [3.05, 3.63) is 134 Å². The molecule has 0 saturated heterocycles. The van der Waals surface area contributed by atoms with E-state index in [2.05, 4.69) is 19.7 Å². The minimum atomic E-state index is -1.18. The number of carbonyl (C=O) groups is 3. The van der Waals surface area contributed by atoms with Crippen molar-refractivity contribution in [2.75, 3.05) is 0 Å². The SMILES string of the molecule is C=CC(=O)Oc1ccc(CCC(=O)Oc2ccc(-c3ccc(-c4ccc(OC(O)C(=C)C)cc4)c(F)c3F)cc2)cc1OC(=O)C=C. The van der Waals surface area contributed by atoms with Gasteiger partial charge in [-0.3, -0.25) is 4.79 Å². The summed E-state index contributed by atoms with van der Waals surface area (Å²) < 4.78 is 51.3. The van der Waals surface area contributed by atoms with Crippen LogP contribution >= 0.6 is 0 Å². The van der Waals surface area contributed by atoms with Gasteiger partial charge < -0.3 is 24.1 Å². The Morgan fingerprint density at radius 2 is 1.26 bits per heavy atom. The zero-order valence-electron chi connectivity index (χ0n) is 25.3. The molecule has 0 aliphatic rings. The van der Waals surface area contributed by atoms with Gasteiger partial charge in [0.25, 0.3) is 0 Å². The van der Waals surface area contributed by atoms with Gasteiger partial charge in [-0.25, -0.2) is 18.4 Å². The third-order valence-electron chi connectivity index (χ3n) is 6.69. The van der Waals surface area contributed by atoms with E-state index in [1.54, 1.807) is 25.1 Å². The van der Waals surface area contributed by atoms with Gasteiger partial charge in [0.05, 0.1) is 0 Å². The van der Waals surface area contributed by atoms with Gasteiger partial charge in [0.1, 0.15) is 11.5 Å². The summed E-state index contributed by atoms with van der Waals surface area (Å²) in [6.45, 7) is 11.9.